The van der Waals surface area contributed by atoms with Crippen molar-refractivity contribution in [1.82, 2.24) is 0 Å². The molecule has 0 aromatic heterocycles. The Labute approximate surface area is 140 Å². The molecule has 0 saturated carbocycles. The predicted molar refractivity (Wildman–Crippen MR) is 83.4 cm³/mol. The maximum atomic E-state index is 13.4. The van der Waals surface area contributed by atoms with Crippen molar-refractivity contribution in [3.8, 4) is 0 Å². The number of hydrogen-bond acceptors (Lipinski definition) is 5. The van der Waals surface area contributed by atoms with E-state index in [-0.39, 0.29) is 16.3 Å². The monoisotopic (exact) mass is 352 g/mol. The molecule has 24 heavy (non-hydrogen) atoms. The number of halogens is 2. The lowest BCUT2D eigenvalue weighted by Crippen LogP contribution is -2.21. The number of benzene rings is 2. The molecule has 9 heteroatoms. The number of carbonyl (C=O) groups excluding carboxylic acids is 2. The van der Waals surface area contributed by atoms with E-state index in [1.807, 2.05) is 0 Å². The molecular formula is C15H10ClFN2O5. The number of carbonyl (C=O) groups is 2. The molecule has 0 aliphatic heterocycles. The Balaban J connectivity index is 2.01. The standard InChI is InChI=1S/C15H10ClFN2O5/c16-9-5-6-12(13(7-9)19(22)23)18-14(20)8-24-15(21)10-3-1-2-4-11(10)17/h1-7H,8H2,(H,18,20). The quantitative estimate of drug-likeness (QED) is 0.506. The van der Waals surface area contributed by atoms with Crippen LogP contribution in [0.1, 0.15) is 10.4 Å². The minimum Gasteiger partial charge on any atom is -0.452 e. The van der Waals surface area contributed by atoms with Crippen LogP contribution in [0.25, 0.3) is 0 Å². The van der Waals surface area contributed by atoms with Crippen molar-refractivity contribution in [2.75, 3.05) is 11.9 Å². The van der Waals surface area contributed by atoms with Crippen molar-refractivity contribution in [2.24, 2.45) is 0 Å². The molecule has 124 valence electrons. The summed E-state index contributed by atoms with van der Waals surface area (Å²) in [5.41, 5.74) is -0.824. The number of nitro groups is 1. The Kier molecular flexibility index (Phi) is 5.43. The number of hydrogen-bond donors (Lipinski definition) is 1. The highest BCUT2D eigenvalue weighted by Crippen LogP contribution is 2.27. The van der Waals surface area contributed by atoms with Gasteiger partial charge in [0.1, 0.15) is 11.5 Å². The van der Waals surface area contributed by atoms with Gasteiger partial charge in [-0.1, -0.05) is 23.7 Å². The van der Waals surface area contributed by atoms with Crippen LogP contribution in [0.5, 0.6) is 0 Å². The van der Waals surface area contributed by atoms with Gasteiger partial charge in [0.2, 0.25) is 0 Å². The Morgan fingerprint density at radius 3 is 2.62 bits per heavy atom. The minimum atomic E-state index is -1.02. The molecule has 0 bridgehead atoms. The zero-order valence-electron chi connectivity index (χ0n) is 12.0. The van der Waals surface area contributed by atoms with E-state index in [0.29, 0.717) is 0 Å². The average Bonchev–Trinajstić information content (AvgIpc) is 2.54. The molecule has 0 fully saturated rings. The van der Waals surface area contributed by atoms with E-state index in [0.717, 1.165) is 12.1 Å². The number of nitrogens with one attached hydrogen (secondary N) is 1. The summed E-state index contributed by atoms with van der Waals surface area (Å²) >= 11 is 5.66. The highest BCUT2D eigenvalue weighted by Gasteiger charge is 2.18. The van der Waals surface area contributed by atoms with Gasteiger partial charge in [-0.15, -0.1) is 0 Å². The Morgan fingerprint density at radius 2 is 1.96 bits per heavy atom. The van der Waals surface area contributed by atoms with E-state index in [9.17, 15) is 24.1 Å². The third kappa shape index (κ3) is 4.26. The van der Waals surface area contributed by atoms with Crippen LogP contribution < -0.4 is 5.32 Å². The van der Waals surface area contributed by atoms with Crippen LogP contribution in [0.15, 0.2) is 42.5 Å². The maximum absolute atomic E-state index is 13.4. The van der Waals surface area contributed by atoms with E-state index in [1.54, 1.807) is 0 Å². The van der Waals surface area contributed by atoms with Crippen molar-refractivity contribution >= 4 is 34.9 Å². The molecule has 0 heterocycles. The number of ether oxygens (including phenoxy) is 1. The van der Waals surface area contributed by atoms with Crippen molar-refractivity contribution in [2.45, 2.75) is 0 Å². The van der Waals surface area contributed by atoms with Crippen molar-refractivity contribution < 1.29 is 23.6 Å². The van der Waals surface area contributed by atoms with Gasteiger partial charge in [0.25, 0.3) is 11.6 Å². The number of anilines is 1. The molecule has 7 nitrogen and oxygen atoms in total. The average molecular weight is 353 g/mol. The van der Waals surface area contributed by atoms with Gasteiger partial charge >= 0.3 is 5.97 Å². The summed E-state index contributed by atoms with van der Waals surface area (Å²) in [7, 11) is 0. The molecule has 0 spiro atoms. The van der Waals surface area contributed by atoms with Gasteiger partial charge in [0.15, 0.2) is 6.61 Å². The highest BCUT2D eigenvalue weighted by molar-refractivity contribution is 6.31. The Morgan fingerprint density at radius 1 is 1.25 bits per heavy atom. The van der Waals surface area contributed by atoms with Gasteiger partial charge in [-0.3, -0.25) is 14.9 Å². The number of esters is 1. The first-order valence-electron chi connectivity index (χ1n) is 6.54. The maximum Gasteiger partial charge on any atom is 0.341 e. The fourth-order valence-corrected chi connectivity index (χ4v) is 1.95. The number of nitro benzene ring substituents is 1. The summed E-state index contributed by atoms with van der Waals surface area (Å²) in [6, 6.07) is 8.80. The van der Waals surface area contributed by atoms with Crippen LogP contribution in [-0.4, -0.2) is 23.4 Å². The number of rotatable bonds is 5. The zero-order chi connectivity index (χ0) is 17.7. The smallest absolute Gasteiger partial charge is 0.341 e. The zero-order valence-corrected chi connectivity index (χ0v) is 12.7. The second-order valence-corrected chi connectivity index (χ2v) is 4.96. The third-order valence-electron chi connectivity index (χ3n) is 2.86. The molecule has 2 aromatic rings. The van der Waals surface area contributed by atoms with Gasteiger partial charge in [0.05, 0.1) is 10.5 Å². The molecule has 0 aliphatic rings. The van der Waals surface area contributed by atoms with Crippen molar-refractivity contribution in [3.05, 3.63) is 69.0 Å². The van der Waals surface area contributed by atoms with E-state index in [1.165, 1.54) is 30.3 Å². The summed E-state index contributed by atoms with van der Waals surface area (Å²) in [5.74, 6) is -2.62. The lowest BCUT2D eigenvalue weighted by molar-refractivity contribution is -0.383. The molecular weight excluding hydrogens is 343 g/mol. The Bertz CT molecular complexity index is 812. The van der Waals surface area contributed by atoms with E-state index in [2.05, 4.69) is 10.1 Å². The van der Waals surface area contributed by atoms with Gasteiger partial charge in [-0.25, -0.2) is 9.18 Å². The summed E-state index contributed by atoms with van der Waals surface area (Å²) in [6.07, 6.45) is 0. The SMILES string of the molecule is O=C(COC(=O)c1ccccc1F)Nc1ccc(Cl)cc1[N+](=O)[O-]. The topological polar surface area (TPSA) is 98.5 Å². The molecule has 0 radical (unpaired) electrons. The van der Waals surface area contributed by atoms with Gasteiger partial charge < -0.3 is 10.1 Å². The third-order valence-corrected chi connectivity index (χ3v) is 3.09. The first-order valence-corrected chi connectivity index (χ1v) is 6.91. The van der Waals surface area contributed by atoms with Gasteiger partial charge in [0, 0.05) is 11.1 Å². The molecule has 2 rings (SSSR count). The molecule has 0 unspecified atom stereocenters. The summed E-state index contributed by atoms with van der Waals surface area (Å²) in [5, 5.41) is 13.3. The molecule has 0 saturated heterocycles. The van der Waals surface area contributed by atoms with E-state index >= 15 is 0 Å². The van der Waals surface area contributed by atoms with Gasteiger partial charge in [-0.2, -0.15) is 0 Å². The highest BCUT2D eigenvalue weighted by atomic mass is 35.5. The Hall–Kier alpha value is -3.00. The van der Waals surface area contributed by atoms with Gasteiger partial charge in [-0.05, 0) is 24.3 Å². The van der Waals surface area contributed by atoms with Crippen LogP contribution in [0, 0.1) is 15.9 Å². The lowest BCUT2D eigenvalue weighted by Gasteiger charge is -2.07. The number of amides is 1. The number of nitrogens with zero attached hydrogens (tertiary/aromatic N) is 1. The summed E-state index contributed by atoms with van der Waals surface area (Å²) in [6.45, 7) is -0.729. The van der Waals surface area contributed by atoms with E-state index in [4.69, 9.17) is 11.6 Å². The molecule has 1 amide bonds. The lowest BCUT2D eigenvalue weighted by atomic mass is 10.2. The van der Waals surface area contributed by atoms with Crippen LogP contribution >= 0.6 is 11.6 Å². The largest absolute Gasteiger partial charge is 0.452 e. The minimum absolute atomic E-state index is 0.101. The fraction of sp³-hybridized carbons (Fsp3) is 0.0667. The second-order valence-electron chi connectivity index (χ2n) is 4.52. The fourth-order valence-electron chi connectivity index (χ4n) is 1.78. The van der Waals surface area contributed by atoms with Crippen LogP contribution in [0.4, 0.5) is 15.8 Å². The summed E-state index contributed by atoms with van der Waals surface area (Å²) in [4.78, 5) is 33.6. The van der Waals surface area contributed by atoms with Crippen molar-refractivity contribution in [1.29, 1.82) is 0 Å². The molecule has 0 atom stereocenters. The second kappa shape index (κ2) is 7.51. The molecule has 0 aliphatic carbocycles. The predicted octanol–water partition coefficient (Wildman–Crippen LogP) is 3.18. The first-order chi connectivity index (χ1) is 11.4. The van der Waals surface area contributed by atoms with Crippen LogP contribution in [0.3, 0.4) is 0 Å². The van der Waals surface area contributed by atoms with Crippen LogP contribution in [0.2, 0.25) is 5.02 Å². The van der Waals surface area contributed by atoms with E-state index < -0.39 is 34.9 Å². The molecule has 2 aromatic carbocycles. The van der Waals surface area contributed by atoms with Crippen LogP contribution in [-0.2, 0) is 9.53 Å². The molecule has 1 N–H and O–H groups in total. The summed E-state index contributed by atoms with van der Waals surface area (Å²) < 4.78 is 18.1. The normalized spacial score (nSPS) is 10.1. The van der Waals surface area contributed by atoms with Crippen molar-refractivity contribution in [3.63, 3.8) is 0 Å². The first kappa shape index (κ1) is 17.4.